The van der Waals surface area contributed by atoms with Gasteiger partial charge in [-0.15, -0.1) is 12.4 Å². The SMILES string of the molecule is COc1ccc(OC)c2sc(N(CCCN(C)C)C(=O)c3ccc(S(=O)(=O)N4CCCC(C)C4)cc3)nc12.Cl. The summed E-state index contributed by atoms with van der Waals surface area (Å²) in [5.41, 5.74) is 1.04. The minimum absolute atomic E-state index is 0. The van der Waals surface area contributed by atoms with Crippen molar-refractivity contribution in [2.45, 2.75) is 31.1 Å². The Hall–Kier alpha value is -2.44. The van der Waals surface area contributed by atoms with Crippen molar-refractivity contribution in [3.8, 4) is 11.5 Å². The number of anilines is 1. The van der Waals surface area contributed by atoms with Gasteiger partial charge in [0.15, 0.2) is 5.13 Å². The number of sulfonamides is 1. The van der Waals surface area contributed by atoms with Crippen molar-refractivity contribution in [2.24, 2.45) is 5.92 Å². The highest BCUT2D eigenvalue weighted by atomic mass is 35.5. The average molecular weight is 597 g/mol. The maximum Gasteiger partial charge on any atom is 0.260 e. The summed E-state index contributed by atoms with van der Waals surface area (Å²) in [5.74, 6) is 1.36. The Kier molecular flexibility index (Phi) is 10.6. The summed E-state index contributed by atoms with van der Waals surface area (Å²) in [6.07, 6.45) is 2.63. The Labute approximate surface area is 241 Å². The van der Waals surface area contributed by atoms with Crippen LogP contribution < -0.4 is 14.4 Å². The van der Waals surface area contributed by atoms with E-state index in [-0.39, 0.29) is 23.2 Å². The van der Waals surface area contributed by atoms with Gasteiger partial charge in [-0.2, -0.15) is 4.31 Å². The molecular formula is C27H37ClN4O5S2. The number of rotatable bonds is 10. The van der Waals surface area contributed by atoms with Crippen LogP contribution in [0.3, 0.4) is 0 Å². The molecule has 1 unspecified atom stereocenters. The molecule has 1 aromatic heterocycles. The molecule has 1 amide bonds. The molecule has 1 saturated heterocycles. The zero-order chi connectivity index (χ0) is 27.4. The zero-order valence-electron chi connectivity index (χ0n) is 23.0. The molecule has 39 heavy (non-hydrogen) atoms. The first-order valence-corrected chi connectivity index (χ1v) is 15.0. The van der Waals surface area contributed by atoms with Crippen molar-refractivity contribution in [1.82, 2.24) is 14.2 Å². The Morgan fingerprint density at radius 2 is 1.74 bits per heavy atom. The summed E-state index contributed by atoms with van der Waals surface area (Å²) in [4.78, 5) is 22.5. The zero-order valence-corrected chi connectivity index (χ0v) is 25.5. The fraction of sp³-hybridized carbons (Fsp3) is 0.481. The van der Waals surface area contributed by atoms with Gasteiger partial charge >= 0.3 is 0 Å². The molecule has 0 spiro atoms. The lowest BCUT2D eigenvalue weighted by molar-refractivity contribution is 0.0986. The fourth-order valence-corrected chi connectivity index (χ4v) is 7.35. The summed E-state index contributed by atoms with van der Waals surface area (Å²) in [7, 11) is 3.56. The van der Waals surface area contributed by atoms with Crippen LogP contribution in [-0.4, -0.2) is 83.0 Å². The van der Waals surface area contributed by atoms with E-state index in [1.165, 1.54) is 23.5 Å². The van der Waals surface area contributed by atoms with Crippen molar-refractivity contribution >= 4 is 55.0 Å². The number of ether oxygens (including phenoxy) is 2. The van der Waals surface area contributed by atoms with E-state index in [2.05, 4.69) is 11.8 Å². The van der Waals surface area contributed by atoms with Gasteiger partial charge in [-0.3, -0.25) is 9.69 Å². The van der Waals surface area contributed by atoms with E-state index in [1.54, 1.807) is 41.6 Å². The van der Waals surface area contributed by atoms with E-state index in [0.29, 0.717) is 53.3 Å². The van der Waals surface area contributed by atoms with Gasteiger partial charge in [0.05, 0.1) is 19.1 Å². The van der Waals surface area contributed by atoms with Crippen molar-refractivity contribution < 1.29 is 22.7 Å². The molecule has 3 aromatic rings. The molecule has 214 valence electrons. The molecule has 1 fully saturated rings. The summed E-state index contributed by atoms with van der Waals surface area (Å²) in [6.45, 7) is 4.37. The van der Waals surface area contributed by atoms with E-state index in [4.69, 9.17) is 14.5 Å². The van der Waals surface area contributed by atoms with E-state index in [9.17, 15) is 13.2 Å². The van der Waals surface area contributed by atoms with Crippen LogP contribution in [0.1, 0.15) is 36.5 Å². The van der Waals surface area contributed by atoms with Crippen molar-refractivity contribution in [1.29, 1.82) is 0 Å². The molecule has 0 bridgehead atoms. The van der Waals surface area contributed by atoms with Crippen molar-refractivity contribution in [3.63, 3.8) is 0 Å². The molecule has 1 aliphatic heterocycles. The number of aromatic nitrogens is 1. The number of fused-ring (bicyclic) bond motifs is 1. The van der Waals surface area contributed by atoms with Crippen LogP contribution >= 0.6 is 23.7 Å². The average Bonchev–Trinajstić information content (AvgIpc) is 3.35. The molecule has 1 aliphatic rings. The molecule has 0 aliphatic carbocycles. The molecule has 2 heterocycles. The van der Waals surface area contributed by atoms with Gasteiger partial charge in [-0.05, 0) is 82.2 Å². The summed E-state index contributed by atoms with van der Waals surface area (Å²) >= 11 is 1.37. The minimum Gasteiger partial charge on any atom is -0.495 e. The number of amides is 1. The largest absolute Gasteiger partial charge is 0.495 e. The van der Waals surface area contributed by atoms with Crippen LogP contribution in [0.5, 0.6) is 11.5 Å². The summed E-state index contributed by atoms with van der Waals surface area (Å²) in [5, 5.41) is 0.533. The lowest BCUT2D eigenvalue weighted by Gasteiger charge is -2.30. The number of carbonyl (C=O) groups excluding carboxylic acids is 1. The standard InChI is InChI=1S/C27H36N4O5S2.ClH/c1-19-8-6-16-30(18-19)38(33,34)21-11-9-20(10-12-21)26(32)31(17-7-15-29(2)3)27-28-24-22(35-4)13-14-23(36-5)25(24)37-27;/h9-14,19H,6-8,15-18H2,1-5H3;1H. The lowest BCUT2D eigenvalue weighted by atomic mass is 10.0. The number of thiazole rings is 1. The number of carbonyl (C=O) groups is 1. The van der Waals surface area contributed by atoms with E-state index in [1.807, 2.05) is 20.2 Å². The predicted molar refractivity (Wildman–Crippen MR) is 158 cm³/mol. The highest BCUT2D eigenvalue weighted by Gasteiger charge is 2.29. The molecule has 0 radical (unpaired) electrons. The van der Waals surface area contributed by atoms with Gasteiger partial charge in [0.1, 0.15) is 21.7 Å². The monoisotopic (exact) mass is 596 g/mol. The highest BCUT2D eigenvalue weighted by molar-refractivity contribution is 7.89. The maximum atomic E-state index is 13.8. The van der Waals surface area contributed by atoms with Crippen LogP contribution in [0.2, 0.25) is 0 Å². The molecule has 0 saturated carbocycles. The van der Waals surface area contributed by atoms with Gasteiger partial charge in [-0.25, -0.2) is 13.4 Å². The number of hydrogen-bond acceptors (Lipinski definition) is 8. The van der Waals surface area contributed by atoms with E-state index in [0.717, 1.165) is 30.5 Å². The molecular weight excluding hydrogens is 560 g/mol. The number of benzene rings is 2. The molecule has 2 aromatic carbocycles. The van der Waals surface area contributed by atoms with Crippen LogP contribution in [0.25, 0.3) is 10.2 Å². The fourth-order valence-electron chi connectivity index (χ4n) is 4.66. The molecule has 12 heteroatoms. The molecule has 0 N–H and O–H groups in total. The van der Waals surface area contributed by atoms with Crippen LogP contribution in [0.15, 0.2) is 41.3 Å². The van der Waals surface area contributed by atoms with E-state index < -0.39 is 10.0 Å². The quantitative estimate of drug-likeness (QED) is 0.333. The van der Waals surface area contributed by atoms with Gasteiger partial charge in [0.25, 0.3) is 5.91 Å². The Morgan fingerprint density at radius 1 is 1.08 bits per heavy atom. The third kappa shape index (κ3) is 6.83. The second kappa shape index (κ2) is 13.3. The van der Waals surface area contributed by atoms with Gasteiger partial charge in [-0.1, -0.05) is 18.3 Å². The third-order valence-electron chi connectivity index (χ3n) is 6.72. The number of nitrogens with zero attached hydrogens (tertiary/aromatic N) is 4. The molecule has 1 atom stereocenters. The van der Waals surface area contributed by atoms with Gasteiger partial charge < -0.3 is 14.4 Å². The van der Waals surface area contributed by atoms with Gasteiger partial charge in [0.2, 0.25) is 10.0 Å². The first kappa shape index (κ1) is 31.1. The number of methoxy groups -OCH3 is 2. The lowest BCUT2D eigenvalue weighted by Crippen LogP contribution is -2.39. The topological polar surface area (TPSA) is 92.3 Å². The predicted octanol–water partition coefficient (Wildman–Crippen LogP) is 4.75. The Bertz CT molecular complexity index is 1340. The second-order valence-corrected chi connectivity index (χ2v) is 12.8. The number of piperidine rings is 1. The first-order valence-electron chi connectivity index (χ1n) is 12.7. The minimum atomic E-state index is -3.60. The third-order valence-corrected chi connectivity index (χ3v) is 9.69. The van der Waals surface area contributed by atoms with Crippen molar-refractivity contribution in [2.75, 3.05) is 59.4 Å². The summed E-state index contributed by atoms with van der Waals surface area (Å²) < 4.78 is 39.7. The van der Waals surface area contributed by atoms with Crippen LogP contribution in [0.4, 0.5) is 5.13 Å². The van der Waals surface area contributed by atoms with E-state index >= 15 is 0 Å². The smallest absolute Gasteiger partial charge is 0.260 e. The Morgan fingerprint density at radius 3 is 2.36 bits per heavy atom. The number of halogens is 1. The second-order valence-electron chi connectivity index (χ2n) is 9.89. The van der Waals surface area contributed by atoms with Crippen molar-refractivity contribution in [3.05, 3.63) is 42.0 Å². The first-order chi connectivity index (χ1) is 18.1. The van der Waals surface area contributed by atoms with Crippen LogP contribution in [-0.2, 0) is 10.0 Å². The highest BCUT2D eigenvalue weighted by Crippen LogP contribution is 2.40. The normalized spacial score (nSPS) is 16.2. The summed E-state index contributed by atoms with van der Waals surface area (Å²) in [6, 6.07) is 9.87. The molecule has 4 rings (SSSR count). The van der Waals surface area contributed by atoms with Crippen LogP contribution in [0, 0.1) is 5.92 Å². The number of hydrogen-bond donors (Lipinski definition) is 0. The van der Waals surface area contributed by atoms with Gasteiger partial charge in [0, 0.05) is 25.2 Å². The Balaban J connectivity index is 0.00000420. The maximum absolute atomic E-state index is 13.8. The molecule has 9 nitrogen and oxygen atoms in total.